The third-order valence-electron chi connectivity index (χ3n) is 5.23. The maximum absolute atomic E-state index is 13.9. The first kappa shape index (κ1) is 20.2. The first-order valence-electron chi connectivity index (χ1n) is 9.64. The molecule has 4 nitrogen and oxygen atoms in total. The molecule has 2 aromatic carbocycles. The van der Waals surface area contributed by atoms with Crippen LogP contribution in [0.25, 0.3) is 11.8 Å². The number of aliphatic imine (C=N–C) groups is 1. The van der Waals surface area contributed by atoms with Crippen molar-refractivity contribution in [1.82, 2.24) is 9.88 Å². The number of nitrogens with one attached hydrogen (secondary N) is 1. The van der Waals surface area contributed by atoms with E-state index in [2.05, 4.69) is 59.9 Å². The number of hydrogen-bond acceptors (Lipinski definition) is 3. The Morgan fingerprint density at radius 3 is 2.53 bits per heavy atom. The molecule has 0 spiro atoms. The van der Waals surface area contributed by atoms with Gasteiger partial charge < -0.3 is 9.88 Å². The van der Waals surface area contributed by atoms with Crippen LogP contribution in [0.1, 0.15) is 28.1 Å². The van der Waals surface area contributed by atoms with Gasteiger partial charge in [0.2, 0.25) is 0 Å². The molecule has 0 atom stereocenters. The average Bonchev–Trinajstić information content (AvgIpc) is 3.18. The van der Waals surface area contributed by atoms with Crippen LogP contribution in [0.2, 0.25) is 0 Å². The monoisotopic (exact) mass is 419 g/mol. The summed E-state index contributed by atoms with van der Waals surface area (Å²) in [5.41, 5.74) is 6.90. The largest absolute Gasteiger partial charge is 0.318 e. The van der Waals surface area contributed by atoms with E-state index < -0.39 is 5.82 Å². The standard InChI is InChI=1S/C24H22FN3OS/c1-14-9-10-19(11-15(14)2)28-16(3)12-18(17(28)4)13-22-23(29)27-24(30-22)26-21-8-6-5-7-20(21)25/h5-13H,1-4H3,(H,26,27,29)/b22-13-. The van der Waals surface area contributed by atoms with Gasteiger partial charge in [-0.1, -0.05) is 18.2 Å². The second-order valence-electron chi connectivity index (χ2n) is 7.36. The Morgan fingerprint density at radius 1 is 1.03 bits per heavy atom. The molecular formula is C24H22FN3OS. The molecule has 6 heteroatoms. The van der Waals surface area contributed by atoms with Crippen molar-refractivity contribution in [2.24, 2.45) is 4.99 Å². The van der Waals surface area contributed by atoms with Crippen molar-refractivity contribution in [2.45, 2.75) is 27.7 Å². The minimum atomic E-state index is -0.422. The van der Waals surface area contributed by atoms with Gasteiger partial charge in [-0.05, 0) is 92.6 Å². The van der Waals surface area contributed by atoms with E-state index >= 15 is 0 Å². The molecular weight excluding hydrogens is 397 g/mol. The first-order chi connectivity index (χ1) is 14.3. The van der Waals surface area contributed by atoms with Crippen molar-refractivity contribution in [3.8, 4) is 5.69 Å². The molecule has 4 rings (SSSR count). The summed E-state index contributed by atoms with van der Waals surface area (Å²) in [6.07, 6.45) is 1.86. The second kappa shape index (κ2) is 7.95. The van der Waals surface area contributed by atoms with Gasteiger partial charge in [-0.2, -0.15) is 0 Å². The maximum atomic E-state index is 13.9. The lowest BCUT2D eigenvalue weighted by Crippen LogP contribution is -2.19. The number of amidine groups is 1. The summed E-state index contributed by atoms with van der Waals surface area (Å²) >= 11 is 1.22. The number of carbonyl (C=O) groups excluding carboxylic acids is 1. The van der Waals surface area contributed by atoms with Gasteiger partial charge >= 0.3 is 0 Å². The van der Waals surface area contributed by atoms with E-state index in [0.29, 0.717) is 10.1 Å². The smallest absolute Gasteiger partial charge is 0.264 e. The summed E-state index contributed by atoms with van der Waals surface area (Å²) in [5.74, 6) is -0.653. The lowest BCUT2D eigenvalue weighted by atomic mass is 10.1. The molecule has 30 heavy (non-hydrogen) atoms. The van der Waals surface area contributed by atoms with Crippen LogP contribution < -0.4 is 5.32 Å². The molecule has 0 aliphatic carbocycles. The fraction of sp³-hybridized carbons (Fsp3) is 0.167. The van der Waals surface area contributed by atoms with Crippen molar-refractivity contribution in [2.75, 3.05) is 0 Å². The van der Waals surface area contributed by atoms with Crippen molar-refractivity contribution in [3.05, 3.63) is 87.3 Å². The van der Waals surface area contributed by atoms with E-state index in [1.54, 1.807) is 18.2 Å². The molecule has 1 N–H and O–H groups in total. The Hall–Kier alpha value is -3.12. The lowest BCUT2D eigenvalue weighted by Gasteiger charge is -2.11. The highest BCUT2D eigenvalue weighted by Crippen LogP contribution is 2.31. The molecule has 152 valence electrons. The molecule has 1 fully saturated rings. The number of aromatic nitrogens is 1. The number of para-hydroxylation sites is 1. The van der Waals surface area contributed by atoms with Crippen molar-refractivity contribution < 1.29 is 9.18 Å². The summed E-state index contributed by atoms with van der Waals surface area (Å²) in [6.45, 7) is 8.30. The highest BCUT2D eigenvalue weighted by atomic mass is 32.2. The van der Waals surface area contributed by atoms with Crippen molar-refractivity contribution in [1.29, 1.82) is 0 Å². The number of nitrogens with zero attached hydrogens (tertiary/aromatic N) is 2. The number of hydrogen-bond donors (Lipinski definition) is 1. The van der Waals surface area contributed by atoms with Gasteiger partial charge in [-0.3, -0.25) is 4.79 Å². The number of thioether (sulfide) groups is 1. The summed E-state index contributed by atoms with van der Waals surface area (Å²) in [7, 11) is 0. The molecule has 1 aliphatic heterocycles. The van der Waals surface area contributed by atoms with E-state index in [4.69, 9.17) is 0 Å². The van der Waals surface area contributed by atoms with Gasteiger partial charge in [-0.25, -0.2) is 9.38 Å². The summed E-state index contributed by atoms with van der Waals surface area (Å²) in [5, 5.41) is 3.09. The fourth-order valence-corrected chi connectivity index (χ4v) is 4.29. The van der Waals surface area contributed by atoms with Crippen LogP contribution in [0.4, 0.5) is 10.1 Å². The zero-order valence-electron chi connectivity index (χ0n) is 17.3. The molecule has 1 amide bonds. The third-order valence-corrected chi connectivity index (χ3v) is 6.14. The molecule has 0 unspecified atom stereocenters. The summed E-state index contributed by atoms with van der Waals surface area (Å²) < 4.78 is 16.0. The number of halogens is 1. The minimum absolute atomic E-state index is 0.203. The predicted octanol–water partition coefficient (Wildman–Crippen LogP) is 5.74. The van der Waals surface area contributed by atoms with Crippen LogP contribution in [0, 0.1) is 33.5 Å². The lowest BCUT2D eigenvalue weighted by molar-refractivity contribution is -0.115. The molecule has 0 radical (unpaired) electrons. The third kappa shape index (κ3) is 3.83. The highest BCUT2D eigenvalue weighted by Gasteiger charge is 2.25. The van der Waals surface area contributed by atoms with Crippen LogP contribution in [-0.2, 0) is 4.79 Å². The van der Waals surface area contributed by atoms with Crippen LogP contribution >= 0.6 is 11.8 Å². The number of amides is 1. The normalized spacial score (nSPS) is 16.5. The molecule has 2 heterocycles. The molecule has 3 aromatic rings. The van der Waals surface area contributed by atoms with Crippen LogP contribution in [0.3, 0.4) is 0 Å². The van der Waals surface area contributed by atoms with Gasteiger partial charge in [0.05, 0.1) is 4.91 Å². The van der Waals surface area contributed by atoms with E-state index in [1.807, 2.05) is 13.0 Å². The summed E-state index contributed by atoms with van der Waals surface area (Å²) in [6, 6.07) is 14.7. The molecule has 0 bridgehead atoms. The Bertz CT molecular complexity index is 1220. The summed E-state index contributed by atoms with van der Waals surface area (Å²) in [4.78, 5) is 17.2. The van der Waals surface area contributed by atoms with Gasteiger partial charge in [0.15, 0.2) is 5.17 Å². The Morgan fingerprint density at radius 2 is 1.80 bits per heavy atom. The van der Waals surface area contributed by atoms with Gasteiger partial charge in [0, 0.05) is 17.1 Å². The van der Waals surface area contributed by atoms with E-state index in [-0.39, 0.29) is 11.6 Å². The predicted molar refractivity (Wildman–Crippen MR) is 122 cm³/mol. The van der Waals surface area contributed by atoms with Gasteiger partial charge in [-0.15, -0.1) is 0 Å². The molecule has 1 aromatic heterocycles. The number of aryl methyl sites for hydroxylation is 3. The minimum Gasteiger partial charge on any atom is -0.318 e. The van der Waals surface area contributed by atoms with E-state index in [9.17, 15) is 9.18 Å². The van der Waals surface area contributed by atoms with Crippen LogP contribution in [0.15, 0.2) is 58.4 Å². The zero-order valence-corrected chi connectivity index (χ0v) is 18.1. The van der Waals surface area contributed by atoms with Crippen LogP contribution in [0.5, 0.6) is 0 Å². The molecule has 0 saturated carbocycles. The quantitative estimate of drug-likeness (QED) is 0.550. The van der Waals surface area contributed by atoms with Gasteiger partial charge in [0.25, 0.3) is 5.91 Å². The molecule has 1 saturated heterocycles. The fourth-order valence-electron chi connectivity index (χ4n) is 3.47. The SMILES string of the molecule is Cc1ccc(-n2c(C)cc(/C=C3\SC(=Nc4ccccc4F)NC3=O)c2C)cc1C. The van der Waals surface area contributed by atoms with E-state index in [1.165, 1.54) is 29.0 Å². The first-order valence-corrected chi connectivity index (χ1v) is 10.5. The Labute approximate surface area is 179 Å². The number of benzene rings is 2. The van der Waals surface area contributed by atoms with Gasteiger partial charge in [0.1, 0.15) is 11.5 Å². The topological polar surface area (TPSA) is 46.4 Å². The number of carbonyl (C=O) groups is 1. The number of rotatable bonds is 3. The van der Waals surface area contributed by atoms with E-state index in [0.717, 1.165) is 22.6 Å². The second-order valence-corrected chi connectivity index (χ2v) is 8.39. The Kier molecular flexibility index (Phi) is 5.35. The zero-order chi connectivity index (χ0) is 21.4. The average molecular weight is 420 g/mol. The van der Waals surface area contributed by atoms with Crippen LogP contribution in [-0.4, -0.2) is 15.6 Å². The molecule has 1 aliphatic rings. The maximum Gasteiger partial charge on any atom is 0.264 e. The van der Waals surface area contributed by atoms with Crippen molar-refractivity contribution in [3.63, 3.8) is 0 Å². The highest BCUT2D eigenvalue weighted by molar-refractivity contribution is 8.18. The Balaban J connectivity index is 1.66. The van der Waals surface area contributed by atoms with Crippen molar-refractivity contribution >= 4 is 34.6 Å².